The summed E-state index contributed by atoms with van der Waals surface area (Å²) in [5, 5.41) is 10.4. The lowest BCUT2D eigenvalue weighted by Gasteiger charge is -2.39. The molecule has 6 nitrogen and oxygen atoms in total. The second kappa shape index (κ2) is 8.21. The van der Waals surface area contributed by atoms with Gasteiger partial charge in [0.05, 0.1) is 12.0 Å². The molecule has 6 heteroatoms. The number of nitrogens with zero attached hydrogens (tertiary/aromatic N) is 3. The summed E-state index contributed by atoms with van der Waals surface area (Å²) in [5.74, 6) is 0.260. The Morgan fingerprint density at radius 2 is 1.97 bits per heavy atom. The van der Waals surface area contributed by atoms with Gasteiger partial charge in [0.25, 0.3) is 5.56 Å². The van der Waals surface area contributed by atoms with Crippen LogP contribution in [0.2, 0.25) is 0 Å². The average molecular weight is 426 g/mol. The molecule has 1 aromatic heterocycles. The zero-order valence-electron chi connectivity index (χ0n) is 18.8. The molecule has 2 fully saturated rings. The fraction of sp³-hybridized carbons (Fsp3) is 0.680. The number of carbonyl (C=O) groups excluding carboxylic acids is 1. The highest BCUT2D eigenvalue weighted by molar-refractivity contribution is 5.80. The lowest BCUT2D eigenvalue weighted by atomic mass is 9.86. The maximum absolute atomic E-state index is 13.5. The number of aliphatic hydroxyl groups excluding tert-OH is 1. The number of hydrogen-bond acceptors (Lipinski definition) is 4. The van der Waals surface area contributed by atoms with E-state index in [9.17, 15) is 14.7 Å². The van der Waals surface area contributed by atoms with Crippen molar-refractivity contribution in [3.05, 3.63) is 39.8 Å². The molecule has 0 aromatic carbocycles. The Bertz CT molecular complexity index is 944. The topological polar surface area (TPSA) is 65.8 Å². The molecule has 0 unspecified atom stereocenters. The van der Waals surface area contributed by atoms with Crippen molar-refractivity contribution >= 4 is 11.5 Å². The third kappa shape index (κ3) is 3.39. The molecule has 0 spiro atoms. The zero-order chi connectivity index (χ0) is 21.7. The van der Waals surface area contributed by atoms with E-state index in [1.165, 1.54) is 31.3 Å². The predicted octanol–water partition coefficient (Wildman–Crippen LogP) is 2.66. The van der Waals surface area contributed by atoms with Crippen LogP contribution in [-0.4, -0.2) is 58.7 Å². The van der Waals surface area contributed by atoms with Gasteiger partial charge in [-0.05, 0) is 55.7 Å². The molecule has 168 valence electrons. The SMILES string of the molecule is CN(C)C(=O)[C@H]1[C@H](CO)[C@H]2Cn3c(ccc(C4=CCCC4)c3=O)[C@@H]1N2CC1CCCC1. The van der Waals surface area contributed by atoms with E-state index in [-0.39, 0.29) is 42.0 Å². The summed E-state index contributed by atoms with van der Waals surface area (Å²) in [6.45, 7) is 1.51. The molecule has 31 heavy (non-hydrogen) atoms. The van der Waals surface area contributed by atoms with Crippen LogP contribution in [0, 0.1) is 17.8 Å². The number of aliphatic hydroxyl groups is 1. The fourth-order valence-electron chi connectivity index (χ4n) is 6.70. The van der Waals surface area contributed by atoms with Gasteiger partial charge in [-0.2, -0.15) is 0 Å². The van der Waals surface area contributed by atoms with Crippen LogP contribution in [0.15, 0.2) is 23.0 Å². The first-order valence-electron chi connectivity index (χ1n) is 12.0. The molecule has 4 atom stereocenters. The van der Waals surface area contributed by atoms with Crippen LogP contribution < -0.4 is 5.56 Å². The standard InChI is InChI=1S/C25H35N3O3/c1-26(2)25(31)22-19(15-29)21-14-28-20(23(22)27(21)13-16-7-3-4-8-16)12-11-18(24(28)30)17-9-5-6-10-17/h9,11-12,16,19,21-23,29H,3-8,10,13-15H2,1-2H3/t19-,21-,22+,23+/m1/s1. The predicted molar refractivity (Wildman–Crippen MR) is 120 cm³/mol. The number of pyridine rings is 1. The number of rotatable bonds is 5. The van der Waals surface area contributed by atoms with Gasteiger partial charge in [-0.1, -0.05) is 18.9 Å². The van der Waals surface area contributed by atoms with E-state index in [1.54, 1.807) is 19.0 Å². The zero-order valence-corrected chi connectivity index (χ0v) is 18.8. The Hall–Kier alpha value is -1.92. The number of carbonyl (C=O) groups is 1. The maximum atomic E-state index is 13.5. The molecular formula is C25H35N3O3. The fourth-order valence-corrected chi connectivity index (χ4v) is 6.70. The van der Waals surface area contributed by atoms with E-state index in [0.717, 1.165) is 37.1 Å². The molecule has 2 bridgehead atoms. The van der Waals surface area contributed by atoms with Crippen LogP contribution in [-0.2, 0) is 11.3 Å². The molecular weight excluding hydrogens is 390 g/mol. The highest BCUT2D eigenvalue weighted by Gasteiger charge is 2.56. The Labute approximate surface area is 184 Å². The Morgan fingerprint density at radius 1 is 1.19 bits per heavy atom. The minimum atomic E-state index is -0.309. The molecule has 1 N–H and O–H groups in total. The van der Waals surface area contributed by atoms with Crippen LogP contribution in [0.5, 0.6) is 0 Å². The molecule has 1 amide bonds. The molecule has 0 radical (unpaired) electrons. The van der Waals surface area contributed by atoms with E-state index in [4.69, 9.17) is 0 Å². The minimum Gasteiger partial charge on any atom is -0.396 e. The number of allylic oxidation sites excluding steroid dienone is 2. The second-order valence-corrected chi connectivity index (χ2v) is 10.2. The van der Waals surface area contributed by atoms with Gasteiger partial charge in [0.2, 0.25) is 5.91 Å². The number of amides is 1. The minimum absolute atomic E-state index is 0.0205. The number of hydrogen-bond donors (Lipinski definition) is 1. The van der Waals surface area contributed by atoms with Crippen molar-refractivity contribution in [2.24, 2.45) is 17.8 Å². The van der Waals surface area contributed by atoms with Crippen molar-refractivity contribution in [2.45, 2.75) is 63.6 Å². The van der Waals surface area contributed by atoms with Crippen LogP contribution >= 0.6 is 0 Å². The third-order valence-corrected chi connectivity index (χ3v) is 8.23. The van der Waals surface area contributed by atoms with Crippen molar-refractivity contribution in [1.82, 2.24) is 14.4 Å². The number of fused-ring (bicyclic) bond motifs is 4. The van der Waals surface area contributed by atoms with E-state index in [1.807, 2.05) is 10.6 Å². The lowest BCUT2D eigenvalue weighted by Crippen LogP contribution is -2.48. The van der Waals surface area contributed by atoms with Gasteiger partial charge in [-0.25, -0.2) is 0 Å². The largest absolute Gasteiger partial charge is 0.396 e. The first-order chi connectivity index (χ1) is 15.0. The smallest absolute Gasteiger partial charge is 0.258 e. The second-order valence-electron chi connectivity index (χ2n) is 10.2. The Kier molecular flexibility index (Phi) is 5.55. The molecule has 1 saturated heterocycles. The maximum Gasteiger partial charge on any atom is 0.258 e. The molecule has 5 rings (SSSR count). The highest BCUT2D eigenvalue weighted by atomic mass is 16.3. The van der Waals surface area contributed by atoms with Crippen molar-refractivity contribution in [2.75, 3.05) is 27.2 Å². The van der Waals surface area contributed by atoms with Gasteiger partial charge in [0.15, 0.2) is 0 Å². The normalized spacial score (nSPS) is 30.5. The van der Waals surface area contributed by atoms with E-state index in [0.29, 0.717) is 12.5 Å². The van der Waals surface area contributed by atoms with Crippen molar-refractivity contribution < 1.29 is 9.90 Å². The Balaban J connectivity index is 1.59. The van der Waals surface area contributed by atoms with E-state index in [2.05, 4.69) is 17.0 Å². The van der Waals surface area contributed by atoms with Gasteiger partial charge in [-0.15, -0.1) is 0 Å². The summed E-state index contributed by atoms with van der Waals surface area (Å²) in [4.78, 5) is 31.0. The van der Waals surface area contributed by atoms with Gasteiger partial charge in [0.1, 0.15) is 0 Å². The van der Waals surface area contributed by atoms with Gasteiger partial charge < -0.3 is 14.6 Å². The van der Waals surface area contributed by atoms with Crippen LogP contribution in [0.25, 0.3) is 5.57 Å². The van der Waals surface area contributed by atoms with Crippen molar-refractivity contribution in [1.29, 1.82) is 0 Å². The molecule has 2 aliphatic carbocycles. The Morgan fingerprint density at radius 3 is 2.61 bits per heavy atom. The molecule has 1 saturated carbocycles. The summed E-state index contributed by atoms with van der Waals surface area (Å²) in [6, 6.07) is 3.98. The van der Waals surface area contributed by atoms with E-state index >= 15 is 0 Å². The number of aromatic nitrogens is 1. The van der Waals surface area contributed by atoms with Crippen LogP contribution in [0.4, 0.5) is 0 Å². The first kappa shape index (κ1) is 21.0. The third-order valence-electron chi connectivity index (χ3n) is 8.23. The average Bonchev–Trinajstić information content (AvgIpc) is 3.49. The van der Waals surface area contributed by atoms with Gasteiger partial charge in [-0.3, -0.25) is 14.5 Å². The lowest BCUT2D eigenvalue weighted by molar-refractivity contribution is -0.135. The van der Waals surface area contributed by atoms with E-state index < -0.39 is 0 Å². The van der Waals surface area contributed by atoms with Gasteiger partial charge >= 0.3 is 0 Å². The van der Waals surface area contributed by atoms with Gasteiger partial charge in [0, 0.05) is 57.0 Å². The summed E-state index contributed by atoms with van der Waals surface area (Å²) >= 11 is 0. The summed E-state index contributed by atoms with van der Waals surface area (Å²) in [5.41, 5.74) is 3.02. The summed E-state index contributed by atoms with van der Waals surface area (Å²) < 4.78 is 1.93. The van der Waals surface area contributed by atoms with Crippen molar-refractivity contribution in [3.8, 4) is 0 Å². The summed E-state index contributed by atoms with van der Waals surface area (Å²) in [7, 11) is 3.59. The molecule has 1 aromatic rings. The monoisotopic (exact) mass is 425 g/mol. The van der Waals surface area contributed by atoms with Crippen molar-refractivity contribution in [3.63, 3.8) is 0 Å². The van der Waals surface area contributed by atoms with Crippen LogP contribution in [0.1, 0.15) is 62.2 Å². The highest BCUT2D eigenvalue weighted by Crippen LogP contribution is 2.49. The summed E-state index contributed by atoms with van der Waals surface area (Å²) in [6.07, 6.45) is 10.4. The first-order valence-corrected chi connectivity index (χ1v) is 12.0. The van der Waals surface area contributed by atoms with Crippen LogP contribution in [0.3, 0.4) is 0 Å². The quantitative estimate of drug-likeness (QED) is 0.788. The molecule has 3 heterocycles. The molecule has 2 aliphatic heterocycles. The molecule has 4 aliphatic rings.